The highest BCUT2D eigenvalue weighted by Gasteiger charge is 2.25. The first-order valence-electron chi connectivity index (χ1n) is 7.79. The Morgan fingerprint density at radius 2 is 2.04 bits per heavy atom. The van der Waals surface area contributed by atoms with Gasteiger partial charge in [0.05, 0.1) is 5.25 Å². The molecule has 0 saturated carbocycles. The van der Waals surface area contributed by atoms with Crippen LogP contribution in [0.25, 0.3) is 22.1 Å². The van der Waals surface area contributed by atoms with Gasteiger partial charge in [0.15, 0.2) is 5.65 Å². The molecule has 1 aromatic carbocycles. The third kappa shape index (κ3) is 2.65. The maximum Gasteiger partial charge on any atom is 0.235 e. The van der Waals surface area contributed by atoms with Gasteiger partial charge in [-0.05, 0) is 25.8 Å². The van der Waals surface area contributed by atoms with E-state index in [4.69, 9.17) is 0 Å². The van der Waals surface area contributed by atoms with Crippen LogP contribution in [0.3, 0.4) is 0 Å². The van der Waals surface area contributed by atoms with Crippen LogP contribution in [0.2, 0.25) is 0 Å². The fraction of sp³-hybridized carbons (Fsp3) is 0.375. The molecule has 0 aliphatic carbocycles. The molecular formula is C16H17N5OS. The van der Waals surface area contributed by atoms with Gasteiger partial charge in [-0.1, -0.05) is 30.0 Å². The van der Waals surface area contributed by atoms with Crippen molar-refractivity contribution >= 4 is 39.7 Å². The topological polar surface area (TPSA) is 74.8 Å². The number of nitrogens with one attached hydrogen (secondary N) is 1. The average Bonchev–Trinajstić information content (AvgIpc) is 3.21. The number of amides is 1. The van der Waals surface area contributed by atoms with E-state index in [1.54, 1.807) is 0 Å². The number of benzene rings is 1. The number of aromatic amines is 1. The Kier molecular flexibility index (Phi) is 3.65. The molecule has 1 aliphatic rings. The number of aromatic nitrogens is 4. The number of H-pyrrole nitrogens is 1. The molecule has 0 radical (unpaired) electrons. The molecule has 1 amide bonds. The Bertz CT molecular complexity index is 871. The third-order valence-electron chi connectivity index (χ3n) is 4.15. The molecule has 3 heterocycles. The first kappa shape index (κ1) is 14.4. The predicted octanol–water partition coefficient (Wildman–Crippen LogP) is 2.61. The maximum absolute atomic E-state index is 12.4. The van der Waals surface area contributed by atoms with Crippen molar-refractivity contribution in [3.8, 4) is 0 Å². The van der Waals surface area contributed by atoms with Crippen LogP contribution in [0, 0.1) is 0 Å². The number of hydrogen-bond acceptors (Lipinski definition) is 5. The smallest absolute Gasteiger partial charge is 0.235 e. The van der Waals surface area contributed by atoms with Crippen molar-refractivity contribution in [3.63, 3.8) is 0 Å². The predicted molar refractivity (Wildman–Crippen MR) is 90.3 cm³/mol. The van der Waals surface area contributed by atoms with Gasteiger partial charge >= 0.3 is 0 Å². The van der Waals surface area contributed by atoms with Gasteiger partial charge in [0.2, 0.25) is 11.1 Å². The van der Waals surface area contributed by atoms with Gasteiger partial charge in [-0.3, -0.25) is 4.79 Å². The number of hydrogen-bond donors (Lipinski definition) is 1. The van der Waals surface area contributed by atoms with E-state index in [1.165, 1.54) is 11.8 Å². The quantitative estimate of drug-likeness (QED) is 0.749. The summed E-state index contributed by atoms with van der Waals surface area (Å²) in [5.74, 6) is 0.160. The average molecular weight is 327 g/mol. The minimum atomic E-state index is -0.197. The summed E-state index contributed by atoms with van der Waals surface area (Å²) in [4.78, 5) is 22.1. The van der Waals surface area contributed by atoms with E-state index in [2.05, 4.69) is 20.2 Å². The largest absolute Gasteiger partial charge is 0.342 e. The van der Waals surface area contributed by atoms with Gasteiger partial charge < -0.3 is 9.88 Å². The van der Waals surface area contributed by atoms with Crippen LogP contribution >= 0.6 is 11.8 Å². The Morgan fingerprint density at radius 1 is 1.26 bits per heavy atom. The maximum atomic E-state index is 12.4. The van der Waals surface area contributed by atoms with Crippen LogP contribution in [0.4, 0.5) is 0 Å². The molecule has 6 nitrogen and oxygen atoms in total. The van der Waals surface area contributed by atoms with E-state index >= 15 is 0 Å². The van der Waals surface area contributed by atoms with Crippen molar-refractivity contribution in [2.75, 3.05) is 13.1 Å². The highest BCUT2D eigenvalue weighted by atomic mass is 32.2. The lowest BCUT2D eigenvalue weighted by Gasteiger charge is -2.19. The van der Waals surface area contributed by atoms with Gasteiger partial charge in [-0.25, -0.2) is 4.98 Å². The van der Waals surface area contributed by atoms with Crippen LogP contribution in [0.15, 0.2) is 29.4 Å². The van der Waals surface area contributed by atoms with Crippen molar-refractivity contribution < 1.29 is 4.79 Å². The molecule has 2 aromatic heterocycles. The third-order valence-corrected chi connectivity index (χ3v) is 5.09. The molecule has 4 rings (SSSR count). The molecule has 1 atom stereocenters. The zero-order valence-corrected chi connectivity index (χ0v) is 13.6. The molecule has 23 heavy (non-hydrogen) atoms. The standard InChI is InChI=1S/C16H17N5OS/c1-10(15(22)21-8-4-5-9-21)23-16-18-14-13(19-20-16)11-6-2-3-7-12(11)17-14/h2-3,6-7,10H,4-5,8-9H2,1H3,(H,17,18,20). The van der Waals surface area contributed by atoms with Crippen molar-refractivity contribution in [1.82, 2.24) is 25.1 Å². The van der Waals surface area contributed by atoms with Gasteiger partial charge in [0, 0.05) is 24.0 Å². The Morgan fingerprint density at radius 3 is 2.87 bits per heavy atom. The van der Waals surface area contributed by atoms with Crippen LogP contribution in [-0.2, 0) is 4.79 Å². The molecule has 1 N–H and O–H groups in total. The molecule has 1 unspecified atom stereocenters. The Hall–Kier alpha value is -2.15. The fourth-order valence-electron chi connectivity index (χ4n) is 2.96. The molecule has 118 valence electrons. The molecule has 7 heteroatoms. The number of carbonyl (C=O) groups excluding carboxylic acids is 1. The Labute approximate surface area is 137 Å². The van der Waals surface area contributed by atoms with E-state index in [1.807, 2.05) is 36.1 Å². The summed E-state index contributed by atoms with van der Waals surface area (Å²) in [6, 6.07) is 7.93. The van der Waals surface area contributed by atoms with Crippen LogP contribution in [-0.4, -0.2) is 49.3 Å². The van der Waals surface area contributed by atoms with E-state index in [0.29, 0.717) is 10.8 Å². The fourth-order valence-corrected chi connectivity index (χ4v) is 3.76. The first-order valence-corrected chi connectivity index (χ1v) is 8.67. The van der Waals surface area contributed by atoms with Gasteiger partial charge in [0.25, 0.3) is 0 Å². The summed E-state index contributed by atoms with van der Waals surface area (Å²) in [5, 5.41) is 9.83. The summed E-state index contributed by atoms with van der Waals surface area (Å²) in [7, 11) is 0. The number of thioether (sulfide) groups is 1. The second-order valence-corrected chi connectivity index (χ2v) is 7.06. The highest BCUT2D eigenvalue weighted by molar-refractivity contribution is 8.00. The summed E-state index contributed by atoms with van der Waals surface area (Å²) < 4.78 is 0. The molecule has 1 saturated heterocycles. The van der Waals surface area contributed by atoms with Crippen molar-refractivity contribution in [3.05, 3.63) is 24.3 Å². The lowest BCUT2D eigenvalue weighted by Crippen LogP contribution is -2.34. The minimum absolute atomic E-state index is 0.160. The van der Waals surface area contributed by atoms with Crippen molar-refractivity contribution in [1.29, 1.82) is 0 Å². The summed E-state index contributed by atoms with van der Waals surface area (Å²) in [6.07, 6.45) is 2.20. The van der Waals surface area contributed by atoms with E-state index in [-0.39, 0.29) is 11.2 Å². The van der Waals surface area contributed by atoms with Crippen molar-refractivity contribution in [2.45, 2.75) is 30.2 Å². The number of likely N-dealkylation sites (tertiary alicyclic amines) is 1. The first-order chi connectivity index (χ1) is 11.2. The van der Waals surface area contributed by atoms with E-state index < -0.39 is 0 Å². The second kappa shape index (κ2) is 5.81. The monoisotopic (exact) mass is 327 g/mol. The SMILES string of the molecule is CC(Sc1nnc2c(n1)[nH]c1ccccc12)C(=O)N1CCCC1. The summed E-state index contributed by atoms with van der Waals surface area (Å²) in [6.45, 7) is 3.64. The van der Waals surface area contributed by atoms with Crippen molar-refractivity contribution in [2.24, 2.45) is 0 Å². The lowest BCUT2D eigenvalue weighted by atomic mass is 10.2. The zero-order chi connectivity index (χ0) is 15.8. The van der Waals surface area contributed by atoms with Crippen LogP contribution in [0.5, 0.6) is 0 Å². The number of nitrogens with zero attached hydrogens (tertiary/aromatic N) is 4. The summed E-state index contributed by atoms with van der Waals surface area (Å²) >= 11 is 1.37. The number of fused-ring (bicyclic) bond motifs is 3. The molecule has 0 bridgehead atoms. The van der Waals surface area contributed by atoms with Gasteiger partial charge in [-0.15, -0.1) is 10.2 Å². The molecule has 1 fully saturated rings. The minimum Gasteiger partial charge on any atom is -0.342 e. The van der Waals surface area contributed by atoms with E-state index in [9.17, 15) is 4.79 Å². The summed E-state index contributed by atoms with van der Waals surface area (Å²) in [5.41, 5.74) is 2.47. The number of para-hydroxylation sites is 1. The molecule has 0 spiro atoms. The molecule has 1 aliphatic heterocycles. The highest BCUT2D eigenvalue weighted by Crippen LogP contribution is 2.26. The van der Waals surface area contributed by atoms with Gasteiger partial charge in [0.1, 0.15) is 5.52 Å². The molecule has 3 aromatic rings. The van der Waals surface area contributed by atoms with Gasteiger partial charge in [-0.2, -0.15) is 0 Å². The molecular weight excluding hydrogens is 310 g/mol. The zero-order valence-electron chi connectivity index (χ0n) is 12.8. The lowest BCUT2D eigenvalue weighted by molar-refractivity contribution is -0.129. The number of carbonyl (C=O) groups is 1. The van der Waals surface area contributed by atoms with Crippen LogP contribution in [0.1, 0.15) is 19.8 Å². The second-order valence-electron chi connectivity index (χ2n) is 5.75. The normalized spacial score (nSPS) is 16.3. The number of rotatable bonds is 3. The van der Waals surface area contributed by atoms with Crippen LogP contribution < -0.4 is 0 Å². The van der Waals surface area contributed by atoms with E-state index in [0.717, 1.165) is 42.4 Å². The Balaban J connectivity index is 1.59.